The van der Waals surface area contributed by atoms with E-state index in [0.29, 0.717) is 10.9 Å². The van der Waals surface area contributed by atoms with Gasteiger partial charge in [0.15, 0.2) is 5.16 Å². The first-order valence-electron chi connectivity index (χ1n) is 9.08. The Balaban J connectivity index is 1.68. The summed E-state index contributed by atoms with van der Waals surface area (Å²) in [6.07, 6.45) is 0. The van der Waals surface area contributed by atoms with Gasteiger partial charge in [-0.25, -0.2) is 13.8 Å². The zero-order chi connectivity index (χ0) is 22.0. The van der Waals surface area contributed by atoms with Crippen molar-refractivity contribution in [3.8, 4) is 5.69 Å². The van der Waals surface area contributed by atoms with Crippen LogP contribution in [0.25, 0.3) is 16.6 Å². The van der Waals surface area contributed by atoms with E-state index in [0.717, 1.165) is 22.4 Å². The molecule has 4 rings (SSSR count). The van der Waals surface area contributed by atoms with Gasteiger partial charge in [0.1, 0.15) is 11.6 Å². The van der Waals surface area contributed by atoms with Crippen LogP contribution in [0.2, 0.25) is 5.02 Å². The first kappa shape index (κ1) is 21.0. The molecule has 4 aromatic rings. The molecule has 3 aromatic carbocycles. The minimum absolute atomic E-state index is 0.0373. The first-order valence-corrected chi connectivity index (χ1v) is 10.4. The Morgan fingerprint density at radius 2 is 1.81 bits per heavy atom. The van der Waals surface area contributed by atoms with Gasteiger partial charge < -0.3 is 5.32 Å². The summed E-state index contributed by atoms with van der Waals surface area (Å²) in [5.41, 5.74) is 0.284. The summed E-state index contributed by atoms with van der Waals surface area (Å²) in [5.74, 6) is -1.69. The SMILES string of the molecule is O=C(CSc1nc2ccccc2c(=O)n1-c1ccccc1F)Nc1ccc(F)cc1Cl. The number of carbonyl (C=O) groups is 1. The van der Waals surface area contributed by atoms with E-state index in [-0.39, 0.29) is 27.3 Å². The summed E-state index contributed by atoms with van der Waals surface area (Å²) in [6.45, 7) is 0. The molecule has 1 amide bonds. The Bertz CT molecular complexity index is 1360. The molecule has 5 nitrogen and oxygen atoms in total. The van der Waals surface area contributed by atoms with Gasteiger partial charge in [-0.1, -0.05) is 47.6 Å². The van der Waals surface area contributed by atoms with Crippen LogP contribution in [0.1, 0.15) is 0 Å². The molecule has 0 aliphatic heterocycles. The van der Waals surface area contributed by atoms with Gasteiger partial charge in [0.2, 0.25) is 5.91 Å². The number of nitrogens with zero attached hydrogens (tertiary/aromatic N) is 2. The maximum absolute atomic E-state index is 14.5. The van der Waals surface area contributed by atoms with E-state index in [1.807, 2.05) is 0 Å². The van der Waals surface area contributed by atoms with E-state index in [2.05, 4.69) is 10.3 Å². The van der Waals surface area contributed by atoms with E-state index in [1.54, 1.807) is 30.3 Å². The van der Waals surface area contributed by atoms with Crippen LogP contribution < -0.4 is 10.9 Å². The molecule has 1 aromatic heterocycles. The van der Waals surface area contributed by atoms with Gasteiger partial charge in [-0.2, -0.15) is 0 Å². The third-order valence-electron chi connectivity index (χ3n) is 4.38. The molecule has 0 radical (unpaired) electrons. The summed E-state index contributed by atoms with van der Waals surface area (Å²) in [7, 11) is 0. The van der Waals surface area contributed by atoms with Crippen molar-refractivity contribution >= 4 is 45.9 Å². The van der Waals surface area contributed by atoms with Crippen molar-refractivity contribution in [2.45, 2.75) is 5.16 Å². The van der Waals surface area contributed by atoms with Crippen LogP contribution in [-0.2, 0) is 4.79 Å². The van der Waals surface area contributed by atoms with Crippen molar-refractivity contribution in [1.29, 1.82) is 0 Å². The van der Waals surface area contributed by atoms with Crippen molar-refractivity contribution in [1.82, 2.24) is 9.55 Å². The third-order valence-corrected chi connectivity index (χ3v) is 5.63. The lowest BCUT2D eigenvalue weighted by atomic mass is 10.2. The number of halogens is 3. The number of thioether (sulfide) groups is 1. The predicted octanol–water partition coefficient (Wildman–Crippen LogP) is 5.05. The lowest BCUT2D eigenvalue weighted by molar-refractivity contribution is -0.113. The highest BCUT2D eigenvalue weighted by atomic mass is 35.5. The number of amides is 1. The lowest BCUT2D eigenvalue weighted by Crippen LogP contribution is -2.23. The molecule has 0 bridgehead atoms. The molecular weight excluding hydrogens is 444 g/mol. The molecule has 9 heteroatoms. The van der Waals surface area contributed by atoms with Crippen LogP contribution in [0.4, 0.5) is 14.5 Å². The number of aromatic nitrogens is 2. The number of rotatable bonds is 5. The number of fused-ring (bicyclic) bond motifs is 1. The fraction of sp³-hybridized carbons (Fsp3) is 0.0455. The lowest BCUT2D eigenvalue weighted by Gasteiger charge is -2.14. The van der Waals surface area contributed by atoms with Gasteiger partial charge in [-0.05, 0) is 42.5 Å². The second-order valence-corrected chi connectivity index (χ2v) is 7.81. The normalized spacial score (nSPS) is 10.9. The van der Waals surface area contributed by atoms with Gasteiger partial charge in [0.05, 0.1) is 33.1 Å². The second kappa shape index (κ2) is 8.87. The number of nitrogens with one attached hydrogen (secondary N) is 1. The van der Waals surface area contributed by atoms with Gasteiger partial charge >= 0.3 is 0 Å². The van der Waals surface area contributed by atoms with Crippen molar-refractivity contribution in [2.24, 2.45) is 0 Å². The highest BCUT2D eigenvalue weighted by molar-refractivity contribution is 7.99. The summed E-state index contributed by atoms with van der Waals surface area (Å²) in [6, 6.07) is 16.2. The Hall–Kier alpha value is -3.23. The smallest absolute Gasteiger partial charge is 0.266 e. The molecule has 156 valence electrons. The quantitative estimate of drug-likeness (QED) is 0.336. The summed E-state index contributed by atoms with van der Waals surface area (Å²) in [4.78, 5) is 30.0. The number of benzene rings is 3. The third kappa shape index (κ3) is 4.45. The molecule has 0 saturated heterocycles. The van der Waals surface area contributed by atoms with Crippen molar-refractivity contribution in [3.05, 3.63) is 93.7 Å². The molecular formula is C22H14ClF2N3O2S. The van der Waals surface area contributed by atoms with E-state index in [4.69, 9.17) is 11.6 Å². The van der Waals surface area contributed by atoms with E-state index in [9.17, 15) is 18.4 Å². The molecule has 0 saturated carbocycles. The topological polar surface area (TPSA) is 64.0 Å². The van der Waals surface area contributed by atoms with Gasteiger partial charge in [0, 0.05) is 0 Å². The Kier molecular flexibility index (Phi) is 6.01. The van der Waals surface area contributed by atoms with Crippen LogP contribution in [0.3, 0.4) is 0 Å². The number of carbonyl (C=O) groups excluding carboxylic acids is 1. The summed E-state index contributed by atoms with van der Waals surface area (Å²) in [5, 5.41) is 3.14. The Labute approximate surface area is 184 Å². The predicted molar refractivity (Wildman–Crippen MR) is 118 cm³/mol. The molecule has 0 aliphatic carbocycles. The monoisotopic (exact) mass is 457 g/mol. The zero-order valence-corrected chi connectivity index (χ0v) is 17.4. The molecule has 0 unspecified atom stereocenters. The van der Waals surface area contributed by atoms with Crippen molar-refractivity contribution in [3.63, 3.8) is 0 Å². The molecule has 0 spiro atoms. The zero-order valence-electron chi connectivity index (χ0n) is 15.8. The Morgan fingerprint density at radius 3 is 2.58 bits per heavy atom. The van der Waals surface area contributed by atoms with Crippen LogP contribution in [0.15, 0.2) is 76.7 Å². The fourth-order valence-electron chi connectivity index (χ4n) is 2.96. The van der Waals surface area contributed by atoms with Crippen molar-refractivity contribution in [2.75, 3.05) is 11.1 Å². The Morgan fingerprint density at radius 1 is 1.06 bits per heavy atom. The average Bonchev–Trinajstić information content (AvgIpc) is 2.75. The highest BCUT2D eigenvalue weighted by Crippen LogP contribution is 2.25. The second-order valence-electron chi connectivity index (χ2n) is 6.46. The van der Waals surface area contributed by atoms with Crippen LogP contribution >= 0.6 is 23.4 Å². The molecule has 0 fully saturated rings. The largest absolute Gasteiger partial charge is 0.324 e. The van der Waals surface area contributed by atoms with Gasteiger partial charge in [0.25, 0.3) is 5.56 Å². The minimum atomic E-state index is -0.592. The summed E-state index contributed by atoms with van der Waals surface area (Å²) < 4.78 is 28.8. The molecule has 1 N–H and O–H groups in total. The number of hydrogen-bond donors (Lipinski definition) is 1. The number of hydrogen-bond acceptors (Lipinski definition) is 4. The highest BCUT2D eigenvalue weighted by Gasteiger charge is 2.17. The average molecular weight is 458 g/mol. The van der Waals surface area contributed by atoms with Gasteiger partial charge in [-0.3, -0.25) is 14.2 Å². The molecule has 31 heavy (non-hydrogen) atoms. The van der Waals surface area contributed by atoms with Gasteiger partial charge in [-0.15, -0.1) is 0 Å². The van der Waals surface area contributed by atoms with Crippen LogP contribution in [0.5, 0.6) is 0 Å². The molecule has 0 aliphatic rings. The van der Waals surface area contributed by atoms with E-state index in [1.165, 1.54) is 30.3 Å². The fourth-order valence-corrected chi connectivity index (χ4v) is 3.98. The minimum Gasteiger partial charge on any atom is -0.324 e. The standard InChI is InChI=1S/C22H14ClF2N3O2S/c23-15-11-13(24)9-10-18(15)26-20(29)12-31-22-27-17-7-3-1-5-14(17)21(30)28(22)19-8-4-2-6-16(19)25/h1-11H,12H2,(H,26,29). The maximum Gasteiger partial charge on any atom is 0.266 e. The van der Waals surface area contributed by atoms with E-state index >= 15 is 0 Å². The molecule has 1 heterocycles. The first-order chi connectivity index (χ1) is 14.9. The summed E-state index contributed by atoms with van der Waals surface area (Å²) >= 11 is 6.91. The molecule has 0 atom stereocenters. The van der Waals surface area contributed by atoms with Crippen molar-refractivity contribution < 1.29 is 13.6 Å². The number of para-hydroxylation sites is 2. The number of anilines is 1. The van der Waals surface area contributed by atoms with Crippen LogP contribution in [-0.4, -0.2) is 21.2 Å². The maximum atomic E-state index is 14.5. The van der Waals surface area contributed by atoms with E-state index < -0.39 is 23.1 Å². The van der Waals surface area contributed by atoms with Crippen LogP contribution in [0, 0.1) is 11.6 Å².